The van der Waals surface area contributed by atoms with E-state index < -0.39 is 5.91 Å². The van der Waals surface area contributed by atoms with Crippen LogP contribution in [-0.2, 0) is 9.59 Å². The second-order valence-corrected chi connectivity index (χ2v) is 8.72. The fourth-order valence-corrected chi connectivity index (χ4v) is 3.82. The zero-order valence-electron chi connectivity index (χ0n) is 20.3. The number of nitriles is 2. The molecule has 9 heteroatoms. The Kier molecular flexibility index (Phi) is 8.32. The summed E-state index contributed by atoms with van der Waals surface area (Å²) in [5.41, 5.74) is 2.16. The number of rotatable bonds is 8. The smallest absolute Gasteiger partial charge is 0.321 e. The molecule has 1 heterocycles. The predicted octanol–water partition coefficient (Wildman–Crippen LogP) is 4.29. The Morgan fingerprint density at radius 1 is 1.08 bits per heavy atom. The van der Waals surface area contributed by atoms with Gasteiger partial charge in [-0.3, -0.25) is 19.5 Å². The van der Waals surface area contributed by atoms with E-state index in [1.807, 2.05) is 19.9 Å². The van der Waals surface area contributed by atoms with Crippen LogP contribution in [0.2, 0.25) is 0 Å². The minimum Gasteiger partial charge on any atom is -0.327 e. The molecule has 0 bridgehead atoms. The van der Waals surface area contributed by atoms with E-state index in [9.17, 15) is 19.6 Å². The van der Waals surface area contributed by atoms with Crippen LogP contribution in [0.3, 0.4) is 0 Å². The summed E-state index contributed by atoms with van der Waals surface area (Å²) in [7, 11) is 1.64. The van der Waals surface area contributed by atoms with Gasteiger partial charge in [0.1, 0.15) is 6.07 Å². The molecule has 0 fully saturated rings. The topological polar surface area (TPSA) is 130 Å². The Hall–Kier alpha value is -4.76. The number of hydrogen-bond donors (Lipinski definition) is 1. The van der Waals surface area contributed by atoms with Gasteiger partial charge < -0.3 is 10.2 Å². The number of anilines is 2. The van der Waals surface area contributed by atoms with Gasteiger partial charge in [0.15, 0.2) is 0 Å². The number of pyridine rings is 1. The van der Waals surface area contributed by atoms with E-state index in [1.54, 1.807) is 55.7 Å². The van der Waals surface area contributed by atoms with Crippen molar-refractivity contribution in [2.24, 2.45) is 11.8 Å². The first-order chi connectivity index (χ1) is 17.3. The first-order valence-corrected chi connectivity index (χ1v) is 11.4. The van der Waals surface area contributed by atoms with Gasteiger partial charge in [-0.15, -0.1) is 0 Å². The number of fused-ring (bicyclic) bond motifs is 1. The van der Waals surface area contributed by atoms with E-state index in [2.05, 4.69) is 16.4 Å². The van der Waals surface area contributed by atoms with Crippen molar-refractivity contribution < 1.29 is 14.4 Å². The Morgan fingerprint density at radius 3 is 2.42 bits per heavy atom. The molecule has 4 amide bonds. The molecule has 0 aliphatic heterocycles. The van der Waals surface area contributed by atoms with Crippen LogP contribution in [-0.4, -0.2) is 41.8 Å². The van der Waals surface area contributed by atoms with E-state index in [0.717, 1.165) is 4.90 Å². The van der Waals surface area contributed by atoms with Crippen molar-refractivity contribution in [1.82, 2.24) is 9.88 Å². The normalized spacial score (nSPS) is 11.3. The summed E-state index contributed by atoms with van der Waals surface area (Å²) < 4.78 is 0. The molecule has 182 valence electrons. The van der Waals surface area contributed by atoms with Gasteiger partial charge in [-0.2, -0.15) is 10.5 Å². The van der Waals surface area contributed by atoms with Crippen LogP contribution in [0, 0.1) is 34.5 Å². The van der Waals surface area contributed by atoms with Gasteiger partial charge in [0.05, 0.1) is 28.4 Å². The largest absolute Gasteiger partial charge is 0.327 e. The van der Waals surface area contributed by atoms with E-state index in [4.69, 9.17) is 5.26 Å². The van der Waals surface area contributed by atoms with Gasteiger partial charge in [-0.25, -0.2) is 4.79 Å². The lowest BCUT2D eigenvalue weighted by Gasteiger charge is -2.28. The monoisotopic (exact) mass is 482 g/mol. The molecule has 9 nitrogen and oxygen atoms in total. The Balaban J connectivity index is 1.75. The molecule has 36 heavy (non-hydrogen) atoms. The number of nitrogens with one attached hydrogen (secondary N) is 1. The molecule has 1 N–H and O–H groups in total. The van der Waals surface area contributed by atoms with Crippen molar-refractivity contribution >= 4 is 40.6 Å². The molecule has 0 saturated carbocycles. The predicted molar refractivity (Wildman–Crippen MR) is 136 cm³/mol. The highest BCUT2D eigenvalue weighted by molar-refractivity contribution is 6.13. The summed E-state index contributed by atoms with van der Waals surface area (Å²) in [5, 5.41) is 21.6. The van der Waals surface area contributed by atoms with Crippen molar-refractivity contribution in [2.75, 3.05) is 23.8 Å². The van der Waals surface area contributed by atoms with Crippen molar-refractivity contribution in [3.8, 4) is 12.1 Å². The maximum absolute atomic E-state index is 13.3. The number of aromatic nitrogens is 1. The third-order valence-electron chi connectivity index (χ3n) is 6.00. The molecule has 1 atom stereocenters. The highest BCUT2D eigenvalue weighted by atomic mass is 16.2. The summed E-state index contributed by atoms with van der Waals surface area (Å²) in [6.07, 6.45) is 2.05. The molecule has 0 spiro atoms. The van der Waals surface area contributed by atoms with Crippen LogP contribution in [0.15, 0.2) is 54.7 Å². The Labute approximate surface area is 209 Å². The molecule has 2 aromatic carbocycles. The number of nitrogens with zero attached hydrogens (tertiary/aromatic N) is 5. The number of imide groups is 1. The fourth-order valence-electron chi connectivity index (χ4n) is 3.82. The molecular weight excluding hydrogens is 456 g/mol. The van der Waals surface area contributed by atoms with E-state index in [-0.39, 0.29) is 30.8 Å². The van der Waals surface area contributed by atoms with Gasteiger partial charge in [0.25, 0.3) is 0 Å². The molecule has 1 unspecified atom stereocenters. The standard InChI is InChI=1S/C27H26N6O3/c1-18(2)21(16-32(3)27(36)31-22-9-6-19(14-28)7-10-22)13-25(35)33(17-34)24-11-8-20(15-29)26-23(24)5-4-12-30-26/h4-12,17-18,21H,13,16H2,1-3H3,(H,31,36). The quantitative estimate of drug-likeness (QED) is 0.477. The molecule has 3 rings (SSSR count). The van der Waals surface area contributed by atoms with Crippen LogP contribution in [0.4, 0.5) is 16.2 Å². The zero-order valence-corrected chi connectivity index (χ0v) is 20.3. The minimum absolute atomic E-state index is 0.0344. The summed E-state index contributed by atoms with van der Waals surface area (Å²) in [6.45, 7) is 4.20. The molecule has 3 aromatic rings. The Morgan fingerprint density at radius 2 is 1.81 bits per heavy atom. The van der Waals surface area contributed by atoms with Crippen LogP contribution in [0.5, 0.6) is 0 Å². The van der Waals surface area contributed by atoms with Crippen molar-refractivity contribution in [2.45, 2.75) is 20.3 Å². The first kappa shape index (κ1) is 25.9. The Bertz CT molecular complexity index is 1350. The third kappa shape index (κ3) is 5.83. The number of urea groups is 1. The maximum atomic E-state index is 13.3. The van der Waals surface area contributed by atoms with E-state index >= 15 is 0 Å². The lowest BCUT2D eigenvalue weighted by atomic mass is 9.91. The molecular formula is C27H26N6O3. The zero-order chi connectivity index (χ0) is 26.2. The van der Waals surface area contributed by atoms with E-state index in [1.165, 1.54) is 11.0 Å². The van der Waals surface area contributed by atoms with Gasteiger partial charge in [-0.05, 0) is 60.4 Å². The molecule has 0 aliphatic rings. The number of carbonyl (C=O) groups is 3. The summed E-state index contributed by atoms with van der Waals surface area (Å²) in [5.74, 6) is -0.592. The number of carbonyl (C=O) groups excluding carboxylic acids is 3. The molecule has 0 radical (unpaired) electrons. The summed E-state index contributed by atoms with van der Waals surface area (Å²) >= 11 is 0. The summed E-state index contributed by atoms with van der Waals surface area (Å²) in [6, 6.07) is 16.8. The average Bonchev–Trinajstić information content (AvgIpc) is 2.89. The highest BCUT2D eigenvalue weighted by Crippen LogP contribution is 2.29. The highest BCUT2D eigenvalue weighted by Gasteiger charge is 2.26. The fraction of sp³-hybridized carbons (Fsp3) is 0.259. The molecule has 1 aromatic heterocycles. The van der Waals surface area contributed by atoms with E-state index in [0.29, 0.717) is 39.8 Å². The van der Waals surface area contributed by atoms with Crippen LogP contribution in [0.1, 0.15) is 31.4 Å². The van der Waals surface area contributed by atoms with Crippen molar-refractivity contribution in [1.29, 1.82) is 10.5 Å². The number of benzene rings is 2. The van der Waals surface area contributed by atoms with Gasteiger partial charge in [0, 0.05) is 37.3 Å². The van der Waals surface area contributed by atoms with Crippen LogP contribution < -0.4 is 10.2 Å². The van der Waals surface area contributed by atoms with Crippen molar-refractivity contribution in [3.63, 3.8) is 0 Å². The third-order valence-corrected chi connectivity index (χ3v) is 6.00. The average molecular weight is 483 g/mol. The van der Waals surface area contributed by atoms with Crippen LogP contribution >= 0.6 is 0 Å². The summed E-state index contributed by atoms with van der Waals surface area (Å²) in [4.78, 5) is 44.7. The lowest BCUT2D eigenvalue weighted by molar-refractivity contribution is -0.123. The second kappa shape index (κ2) is 11.6. The van der Waals surface area contributed by atoms with Crippen LogP contribution in [0.25, 0.3) is 10.9 Å². The van der Waals surface area contributed by atoms with Gasteiger partial charge >= 0.3 is 6.03 Å². The second-order valence-electron chi connectivity index (χ2n) is 8.72. The van der Waals surface area contributed by atoms with Gasteiger partial charge in [0.2, 0.25) is 12.3 Å². The lowest BCUT2D eigenvalue weighted by Crippen LogP contribution is -2.39. The molecule has 0 saturated heterocycles. The number of amides is 4. The minimum atomic E-state index is -0.417. The molecule has 0 aliphatic carbocycles. The SMILES string of the molecule is CC(C)C(CC(=O)N(C=O)c1ccc(C#N)c2ncccc12)CN(C)C(=O)Nc1ccc(C#N)cc1. The van der Waals surface area contributed by atoms with Crippen molar-refractivity contribution in [3.05, 3.63) is 65.9 Å². The maximum Gasteiger partial charge on any atom is 0.321 e. The first-order valence-electron chi connectivity index (χ1n) is 11.4. The number of hydrogen-bond acceptors (Lipinski definition) is 6. The van der Waals surface area contributed by atoms with Gasteiger partial charge in [-0.1, -0.05) is 13.8 Å².